The Morgan fingerprint density at radius 3 is 1.46 bits per heavy atom. The molecule has 0 heterocycles. The summed E-state index contributed by atoms with van der Waals surface area (Å²) < 4.78 is 0. The van der Waals surface area contributed by atoms with Gasteiger partial charge in [-0.1, -0.05) is 54.4 Å². The molecule has 2 unspecified atom stereocenters. The fraction of sp³-hybridized carbons (Fsp3) is 0.923. The zero-order chi connectivity index (χ0) is 10.6. The quantitative estimate of drug-likeness (QED) is 0.586. The average Bonchev–Trinajstić information content (AvgIpc) is 2.01. The van der Waals surface area contributed by atoms with Crippen LogP contribution in [0.25, 0.3) is 0 Å². The largest absolute Gasteiger partial charge is 0.0651 e. The molecule has 0 aliphatic rings. The van der Waals surface area contributed by atoms with Gasteiger partial charge >= 0.3 is 0 Å². The number of hydrogen-bond donors (Lipinski definition) is 0. The van der Waals surface area contributed by atoms with Crippen molar-refractivity contribution in [2.24, 2.45) is 23.2 Å². The summed E-state index contributed by atoms with van der Waals surface area (Å²) in [5.74, 6) is 2.34. The van der Waals surface area contributed by atoms with Gasteiger partial charge in [-0.2, -0.15) is 0 Å². The first-order valence-corrected chi connectivity index (χ1v) is 5.69. The van der Waals surface area contributed by atoms with Crippen molar-refractivity contribution < 1.29 is 0 Å². The summed E-state index contributed by atoms with van der Waals surface area (Å²) >= 11 is 0. The van der Waals surface area contributed by atoms with E-state index >= 15 is 0 Å². The lowest BCUT2D eigenvalue weighted by Crippen LogP contribution is -2.32. The molecule has 2 atom stereocenters. The van der Waals surface area contributed by atoms with Gasteiger partial charge in [-0.25, -0.2) is 0 Å². The van der Waals surface area contributed by atoms with Gasteiger partial charge in [0.25, 0.3) is 0 Å². The van der Waals surface area contributed by atoms with Crippen LogP contribution in [0.15, 0.2) is 0 Å². The predicted octanol–water partition coefficient (Wildman–Crippen LogP) is 4.56. The lowest BCUT2D eigenvalue weighted by molar-refractivity contribution is 0.122. The Labute approximate surface area is 85.1 Å². The third-order valence-electron chi connectivity index (χ3n) is 3.42. The molecule has 0 saturated carbocycles. The highest BCUT2D eigenvalue weighted by atomic mass is 14.4. The molecule has 0 fully saturated rings. The Morgan fingerprint density at radius 1 is 1.00 bits per heavy atom. The summed E-state index contributed by atoms with van der Waals surface area (Å²) in [5, 5.41) is 0. The van der Waals surface area contributed by atoms with Crippen molar-refractivity contribution in [1.29, 1.82) is 0 Å². The van der Waals surface area contributed by atoms with Crippen molar-refractivity contribution in [1.82, 2.24) is 0 Å². The van der Waals surface area contributed by atoms with Crippen LogP contribution in [0.2, 0.25) is 0 Å². The third-order valence-corrected chi connectivity index (χ3v) is 3.42. The Bertz CT molecular complexity index is 119. The van der Waals surface area contributed by atoms with Crippen LogP contribution in [0.3, 0.4) is 0 Å². The van der Waals surface area contributed by atoms with E-state index in [-0.39, 0.29) is 5.41 Å². The van der Waals surface area contributed by atoms with Crippen molar-refractivity contribution in [3.8, 4) is 0 Å². The highest BCUT2D eigenvalue weighted by molar-refractivity contribution is 4.86. The van der Waals surface area contributed by atoms with Crippen LogP contribution >= 0.6 is 0 Å². The molecule has 0 aromatic rings. The summed E-state index contributed by atoms with van der Waals surface area (Å²) in [4.78, 5) is 0. The van der Waals surface area contributed by atoms with E-state index < -0.39 is 0 Å². The highest BCUT2D eigenvalue weighted by Crippen LogP contribution is 2.39. The summed E-state index contributed by atoms with van der Waals surface area (Å²) in [6.45, 7) is 18.2. The maximum atomic E-state index is 4.31. The lowest BCUT2D eigenvalue weighted by atomic mass is 9.66. The minimum absolute atomic E-state index is 0.213. The van der Waals surface area contributed by atoms with Crippen LogP contribution in [0, 0.1) is 30.1 Å². The Kier molecular flexibility index (Phi) is 5.02. The van der Waals surface area contributed by atoms with Crippen LogP contribution in [0.5, 0.6) is 0 Å². The standard InChI is InChI=1S/C13H27/c1-8-10(3)12(11(4)9-2)13(5,6)7/h10-12H,5,8-9H2,1-4,6-7H3. The van der Waals surface area contributed by atoms with Gasteiger partial charge in [-0.05, 0) is 30.1 Å². The molecule has 0 aromatic heterocycles. The lowest BCUT2D eigenvalue weighted by Gasteiger charge is -2.39. The second-order valence-electron chi connectivity index (χ2n) is 5.29. The Morgan fingerprint density at radius 2 is 1.31 bits per heavy atom. The maximum Gasteiger partial charge on any atom is -0.0311 e. The molecule has 0 aromatic carbocycles. The fourth-order valence-electron chi connectivity index (χ4n) is 2.61. The zero-order valence-electron chi connectivity index (χ0n) is 10.4. The summed E-state index contributed by atoms with van der Waals surface area (Å²) in [5.41, 5.74) is 0.213. The Balaban J connectivity index is 4.55. The first-order chi connectivity index (χ1) is 5.84. The topological polar surface area (TPSA) is 0 Å². The molecule has 0 N–H and O–H groups in total. The summed E-state index contributed by atoms with van der Waals surface area (Å²) in [6, 6.07) is 0. The maximum absolute atomic E-state index is 4.31. The monoisotopic (exact) mass is 183 g/mol. The summed E-state index contributed by atoms with van der Waals surface area (Å²) in [7, 11) is 0. The molecule has 0 saturated heterocycles. The number of hydrogen-bond acceptors (Lipinski definition) is 0. The van der Waals surface area contributed by atoms with Crippen LogP contribution in [0.1, 0.15) is 54.4 Å². The van der Waals surface area contributed by atoms with E-state index in [1.807, 2.05) is 0 Å². The van der Waals surface area contributed by atoms with E-state index in [1.165, 1.54) is 12.8 Å². The van der Waals surface area contributed by atoms with Crippen molar-refractivity contribution in [2.45, 2.75) is 54.4 Å². The van der Waals surface area contributed by atoms with Crippen LogP contribution in [0.4, 0.5) is 0 Å². The van der Waals surface area contributed by atoms with Crippen LogP contribution < -0.4 is 0 Å². The van der Waals surface area contributed by atoms with E-state index in [4.69, 9.17) is 0 Å². The second-order valence-corrected chi connectivity index (χ2v) is 5.29. The zero-order valence-corrected chi connectivity index (χ0v) is 10.4. The van der Waals surface area contributed by atoms with Crippen molar-refractivity contribution >= 4 is 0 Å². The van der Waals surface area contributed by atoms with E-state index in [1.54, 1.807) is 0 Å². The first-order valence-electron chi connectivity index (χ1n) is 5.69. The first kappa shape index (κ1) is 13.0. The van der Waals surface area contributed by atoms with E-state index in [9.17, 15) is 0 Å². The van der Waals surface area contributed by atoms with Gasteiger partial charge in [0.1, 0.15) is 0 Å². The molecule has 0 aliphatic heterocycles. The van der Waals surface area contributed by atoms with E-state index in [0.717, 1.165) is 17.8 Å². The molecular formula is C13H27. The highest BCUT2D eigenvalue weighted by Gasteiger charge is 2.32. The van der Waals surface area contributed by atoms with E-state index in [2.05, 4.69) is 48.5 Å². The molecule has 0 aliphatic carbocycles. The molecule has 1 radical (unpaired) electrons. The van der Waals surface area contributed by atoms with Crippen molar-refractivity contribution in [3.63, 3.8) is 0 Å². The molecule has 0 nitrogen and oxygen atoms in total. The molecule has 0 bridgehead atoms. The van der Waals surface area contributed by atoms with E-state index in [0.29, 0.717) is 0 Å². The molecule has 0 heteroatoms. The molecule has 0 spiro atoms. The van der Waals surface area contributed by atoms with Crippen molar-refractivity contribution in [2.75, 3.05) is 0 Å². The minimum Gasteiger partial charge on any atom is -0.0651 e. The molecule has 0 amide bonds. The normalized spacial score (nSPS) is 19.6. The van der Waals surface area contributed by atoms with Crippen LogP contribution in [-0.2, 0) is 0 Å². The van der Waals surface area contributed by atoms with Gasteiger partial charge in [-0.15, -0.1) is 0 Å². The molecule has 0 rings (SSSR count). The van der Waals surface area contributed by atoms with Gasteiger partial charge in [0.2, 0.25) is 0 Å². The van der Waals surface area contributed by atoms with Gasteiger partial charge < -0.3 is 0 Å². The minimum atomic E-state index is 0.213. The SMILES string of the molecule is [CH2]C(C)(C)C(C(C)CC)C(C)CC. The molecule has 13 heavy (non-hydrogen) atoms. The smallest absolute Gasteiger partial charge is 0.0311 e. The predicted molar refractivity (Wildman–Crippen MR) is 61.5 cm³/mol. The van der Waals surface area contributed by atoms with Gasteiger partial charge in [0, 0.05) is 0 Å². The third kappa shape index (κ3) is 3.70. The van der Waals surface area contributed by atoms with Gasteiger partial charge in [-0.3, -0.25) is 0 Å². The average molecular weight is 183 g/mol. The number of rotatable bonds is 5. The van der Waals surface area contributed by atoms with Crippen LogP contribution in [-0.4, -0.2) is 0 Å². The Hall–Kier alpha value is 0. The van der Waals surface area contributed by atoms with Crippen molar-refractivity contribution in [3.05, 3.63) is 6.92 Å². The summed E-state index contributed by atoms with van der Waals surface area (Å²) in [6.07, 6.45) is 2.54. The fourth-order valence-corrected chi connectivity index (χ4v) is 2.61. The molecular weight excluding hydrogens is 156 g/mol. The second kappa shape index (κ2) is 5.02. The van der Waals surface area contributed by atoms with Gasteiger partial charge in [0.15, 0.2) is 0 Å². The molecule has 79 valence electrons. The van der Waals surface area contributed by atoms with Gasteiger partial charge in [0.05, 0.1) is 0 Å².